The number of sulfonamides is 1. The van der Waals surface area contributed by atoms with Gasteiger partial charge < -0.3 is 4.74 Å². The topological polar surface area (TPSA) is 110 Å². The van der Waals surface area contributed by atoms with Crippen molar-refractivity contribution in [1.29, 1.82) is 0 Å². The van der Waals surface area contributed by atoms with Crippen molar-refractivity contribution < 1.29 is 22.9 Å². The Kier molecular flexibility index (Phi) is 5.54. The second-order valence-electron chi connectivity index (χ2n) is 6.96. The Hall–Kier alpha value is -3.92. The van der Waals surface area contributed by atoms with E-state index in [4.69, 9.17) is 4.74 Å². The summed E-state index contributed by atoms with van der Waals surface area (Å²) in [6.07, 6.45) is 0. The Morgan fingerprint density at radius 1 is 1.00 bits per heavy atom. The fraction of sp³-hybridized carbons (Fsp3) is 0.136. The largest absolute Gasteiger partial charge is 0.494 e. The molecule has 0 unspecified atom stereocenters. The van der Waals surface area contributed by atoms with E-state index in [1.165, 1.54) is 47.4 Å². The zero-order valence-corrected chi connectivity index (χ0v) is 17.9. The van der Waals surface area contributed by atoms with Gasteiger partial charge in [0, 0.05) is 12.1 Å². The van der Waals surface area contributed by atoms with Crippen molar-refractivity contribution in [2.24, 2.45) is 0 Å². The Morgan fingerprint density at radius 2 is 1.72 bits per heavy atom. The van der Waals surface area contributed by atoms with Crippen LogP contribution in [0.15, 0.2) is 77.7 Å². The van der Waals surface area contributed by atoms with E-state index in [2.05, 4.69) is 0 Å². The molecule has 0 saturated heterocycles. The van der Waals surface area contributed by atoms with Gasteiger partial charge >= 0.3 is 6.03 Å². The number of amides is 2. The SMILES string of the molecule is CCOc1ccc(N2C(=O)N(Cc3cccc([N+](=O)[O-])c3)c3ccccc3S2(=O)=O)cc1. The molecule has 0 fully saturated rings. The van der Waals surface area contributed by atoms with Crippen LogP contribution < -0.4 is 13.9 Å². The number of carbonyl (C=O) groups excluding carboxylic acids is 1. The van der Waals surface area contributed by atoms with Crippen LogP contribution in [0.1, 0.15) is 12.5 Å². The van der Waals surface area contributed by atoms with Gasteiger partial charge in [-0.25, -0.2) is 13.2 Å². The molecule has 0 radical (unpaired) electrons. The minimum atomic E-state index is -4.16. The maximum atomic E-state index is 13.4. The summed E-state index contributed by atoms with van der Waals surface area (Å²) in [6, 6.07) is 17.5. The molecule has 1 aliphatic heterocycles. The minimum Gasteiger partial charge on any atom is -0.494 e. The van der Waals surface area contributed by atoms with Crippen molar-refractivity contribution in [3.05, 3.63) is 88.5 Å². The van der Waals surface area contributed by atoms with Crippen LogP contribution in [0.25, 0.3) is 0 Å². The third-order valence-electron chi connectivity index (χ3n) is 4.92. The van der Waals surface area contributed by atoms with Gasteiger partial charge in [-0.1, -0.05) is 24.3 Å². The van der Waals surface area contributed by atoms with Crippen LogP contribution >= 0.6 is 0 Å². The average Bonchev–Trinajstić information content (AvgIpc) is 2.78. The van der Waals surface area contributed by atoms with Gasteiger partial charge in [0.05, 0.1) is 29.4 Å². The average molecular weight is 453 g/mol. The lowest BCUT2D eigenvalue weighted by Gasteiger charge is -2.36. The first-order valence-electron chi connectivity index (χ1n) is 9.75. The van der Waals surface area contributed by atoms with E-state index in [9.17, 15) is 23.3 Å². The van der Waals surface area contributed by atoms with Crippen LogP contribution in [0.4, 0.5) is 21.9 Å². The molecule has 32 heavy (non-hydrogen) atoms. The summed E-state index contributed by atoms with van der Waals surface area (Å²) in [5.41, 5.74) is 0.757. The van der Waals surface area contributed by atoms with Gasteiger partial charge in [-0.15, -0.1) is 0 Å². The van der Waals surface area contributed by atoms with Crippen molar-refractivity contribution in [2.45, 2.75) is 18.4 Å². The van der Waals surface area contributed by atoms with Gasteiger partial charge in [-0.05, 0) is 48.9 Å². The number of urea groups is 1. The number of fused-ring (bicyclic) bond motifs is 1. The number of nitro benzene ring substituents is 1. The number of ether oxygens (including phenoxy) is 1. The quantitative estimate of drug-likeness (QED) is 0.406. The monoisotopic (exact) mass is 453 g/mol. The van der Waals surface area contributed by atoms with Crippen molar-refractivity contribution in [3.63, 3.8) is 0 Å². The number of nitrogens with zero attached hydrogens (tertiary/aromatic N) is 3. The zero-order chi connectivity index (χ0) is 22.9. The molecule has 0 atom stereocenters. The molecule has 0 N–H and O–H groups in total. The molecule has 4 rings (SSSR count). The molecule has 1 aliphatic rings. The summed E-state index contributed by atoms with van der Waals surface area (Å²) in [5.74, 6) is 0.548. The van der Waals surface area contributed by atoms with Gasteiger partial charge in [0.15, 0.2) is 0 Å². The number of benzene rings is 3. The molecular weight excluding hydrogens is 434 g/mol. The maximum Gasteiger partial charge on any atom is 0.343 e. The second kappa shape index (κ2) is 8.31. The lowest BCUT2D eigenvalue weighted by molar-refractivity contribution is -0.384. The number of nitro groups is 1. The highest BCUT2D eigenvalue weighted by molar-refractivity contribution is 7.94. The van der Waals surface area contributed by atoms with Crippen LogP contribution in [0, 0.1) is 10.1 Å². The number of carbonyl (C=O) groups is 1. The molecule has 10 heteroatoms. The second-order valence-corrected chi connectivity index (χ2v) is 8.71. The first kappa shape index (κ1) is 21.3. The Balaban J connectivity index is 1.79. The highest BCUT2D eigenvalue weighted by Crippen LogP contribution is 2.38. The van der Waals surface area contributed by atoms with Crippen LogP contribution in [0.2, 0.25) is 0 Å². The molecule has 9 nitrogen and oxygen atoms in total. The van der Waals surface area contributed by atoms with E-state index in [0.29, 0.717) is 17.9 Å². The number of rotatable bonds is 6. The number of non-ortho nitro benzene ring substituents is 1. The van der Waals surface area contributed by atoms with Crippen molar-refractivity contribution in [1.82, 2.24) is 0 Å². The predicted molar refractivity (Wildman–Crippen MR) is 118 cm³/mol. The van der Waals surface area contributed by atoms with Gasteiger partial charge in [0.1, 0.15) is 10.6 Å². The standard InChI is InChI=1S/C22H19N3O6S/c1-2-31-19-12-10-17(11-13-19)24-22(26)23(15-16-6-5-7-18(14-16)25(27)28)20-8-3-4-9-21(20)32(24,29)30/h3-14H,2,15H2,1H3. The number of hydrogen-bond donors (Lipinski definition) is 0. The predicted octanol–water partition coefficient (Wildman–Crippen LogP) is 4.33. The minimum absolute atomic E-state index is 0.0288. The van der Waals surface area contributed by atoms with Crippen LogP contribution in [-0.4, -0.2) is 26.0 Å². The summed E-state index contributed by atoms with van der Waals surface area (Å²) in [7, 11) is -4.16. The highest BCUT2D eigenvalue weighted by Gasteiger charge is 2.42. The van der Waals surface area contributed by atoms with Gasteiger partial charge in [0.2, 0.25) is 0 Å². The van der Waals surface area contributed by atoms with E-state index in [0.717, 1.165) is 4.31 Å². The van der Waals surface area contributed by atoms with E-state index in [-0.39, 0.29) is 28.5 Å². The van der Waals surface area contributed by atoms with Gasteiger partial charge in [0.25, 0.3) is 15.7 Å². The number of anilines is 2. The van der Waals surface area contributed by atoms with Crippen molar-refractivity contribution in [3.8, 4) is 5.75 Å². The van der Waals surface area contributed by atoms with Crippen LogP contribution in [0.5, 0.6) is 5.75 Å². The summed E-state index contributed by atoms with van der Waals surface area (Å²) in [5, 5.41) is 11.1. The summed E-state index contributed by atoms with van der Waals surface area (Å²) >= 11 is 0. The number of para-hydroxylation sites is 1. The van der Waals surface area contributed by atoms with E-state index >= 15 is 0 Å². The van der Waals surface area contributed by atoms with E-state index < -0.39 is 21.0 Å². The van der Waals surface area contributed by atoms with Crippen LogP contribution in [0.3, 0.4) is 0 Å². The van der Waals surface area contributed by atoms with Crippen molar-refractivity contribution >= 4 is 33.1 Å². The molecule has 164 valence electrons. The Bertz CT molecular complexity index is 1290. The lowest BCUT2D eigenvalue weighted by atomic mass is 10.1. The molecular formula is C22H19N3O6S. The fourth-order valence-corrected chi connectivity index (χ4v) is 5.10. The van der Waals surface area contributed by atoms with Crippen LogP contribution in [-0.2, 0) is 16.6 Å². The van der Waals surface area contributed by atoms with Crippen molar-refractivity contribution in [2.75, 3.05) is 15.8 Å². The van der Waals surface area contributed by atoms with Gasteiger partial charge in [-0.2, -0.15) is 4.31 Å². The highest BCUT2D eigenvalue weighted by atomic mass is 32.2. The zero-order valence-electron chi connectivity index (χ0n) is 17.0. The summed E-state index contributed by atoms with van der Waals surface area (Å²) < 4.78 is 32.8. The smallest absolute Gasteiger partial charge is 0.343 e. The Morgan fingerprint density at radius 3 is 2.41 bits per heavy atom. The molecule has 2 amide bonds. The molecule has 1 heterocycles. The molecule has 0 saturated carbocycles. The molecule has 3 aromatic rings. The third kappa shape index (κ3) is 3.76. The summed E-state index contributed by atoms with van der Waals surface area (Å²) in [6.45, 7) is 2.24. The molecule has 0 aliphatic carbocycles. The summed E-state index contributed by atoms with van der Waals surface area (Å²) in [4.78, 5) is 25.3. The molecule has 0 spiro atoms. The third-order valence-corrected chi connectivity index (χ3v) is 6.67. The number of hydrogen-bond acceptors (Lipinski definition) is 6. The lowest BCUT2D eigenvalue weighted by Crippen LogP contribution is -2.50. The normalized spacial score (nSPS) is 14.7. The molecule has 0 bridgehead atoms. The Labute approximate surface area is 184 Å². The van der Waals surface area contributed by atoms with Gasteiger partial charge in [-0.3, -0.25) is 15.0 Å². The molecule has 3 aromatic carbocycles. The maximum absolute atomic E-state index is 13.4. The molecule has 0 aromatic heterocycles. The van der Waals surface area contributed by atoms with E-state index in [1.807, 2.05) is 6.92 Å². The fourth-order valence-electron chi connectivity index (χ4n) is 3.51. The first-order valence-corrected chi connectivity index (χ1v) is 11.2. The van der Waals surface area contributed by atoms with E-state index in [1.54, 1.807) is 30.3 Å². The first-order chi connectivity index (χ1) is 15.3.